The maximum absolute atomic E-state index is 13.0. The van der Waals surface area contributed by atoms with Crippen molar-refractivity contribution in [1.29, 1.82) is 0 Å². The Morgan fingerprint density at radius 1 is 1.62 bits per heavy atom. The summed E-state index contributed by atoms with van der Waals surface area (Å²) in [6, 6.07) is 2.77. The molecule has 0 atom stereocenters. The van der Waals surface area contributed by atoms with Crippen molar-refractivity contribution in [2.24, 2.45) is 0 Å². The molecular weight excluding hydrogens is 373 g/mol. The molecule has 0 saturated carbocycles. The molecule has 0 aromatic heterocycles. The zero-order valence-electron chi connectivity index (χ0n) is 6.28. The highest BCUT2D eigenvalue weighted by Crippen LogP contribution is 2.25. The Balaban J connectivity index is 3.33. The van der Waals surface area contributed by atoms with Crippen LogP contribution in [0.25, 0.3) is 0 Å². The van der Waals surface area contributed by atoms with Crippen LogP contribution >= 0.6 is 50.1 Å². The van der Waals surface area contributed by atoms with Crippen LogP contribution in [-0.4, -0.2) is 11.1 Å². The fraction of sp³-hybridized carbons (Fsp3) is 0.125. The minimum Gasteiger partial charge on any atom is -0.293 e. The Labute approximate surface area is 102 Å². The minimum atomic E-state index is -0.564. The van der Waals surface area contributed by atoms with Crippen LogP contribution in [0, 0.1) is 9.39 Å². The monoisotopic (exact) mass is 376 g/mol. The molecule has 70 valence electrons. The molecule has 0 amide bonds. The van der Waals surface area contributed by atoms with Gasteiger partial charge < -0.3 is 0 Å². The van der Waals surface area contributed by atoms with E-state index in [2.05, 4.69) is 15.9 Å². The molecule has 0 saturated heterocycles. The van der Waals surface area contributed by atoms with Gasteiger partial charge in [0.05, 0.1) is 15.9 Å². The number of ketones is 1. The Hall–Kier alpha value is 0.320. The first-order valence-electron chi connectivity index (χ1n) is 3.30. The topological polar surface area (TPSA) is 17.1 Å². The fourth-order valence-corrected chi connectivity index (χ4v) is 2.31. The summed E-state index contributed by atoms with van der Waals surface area (Å²) >= 11 is 10.6. The van der Waals surface area contributed by atoms with Crippen molar-refractivity contribution in [1.82, 2.24) is 0 Å². The summed E-state index contributed by atoms with van der Waals surface area (Å²) in [4.78, 5) is 11.3. The molecule has 0 aliphatic heterocycles. The molecule has 1 rings (SSSR count). The van der Waals surface area contributed by atoms with Crippen LogP contribution in [0.5, 0.6) is 0 Å². The molecule has 1 aromatic rings. The van der Waals surface area contributed by atoms with Gasteiger partial charge in [0, 0.05) is 3.57 Å². The molecule has 0 heterocycles. The number of hydrogen-bond acceptors (Lipinski definition) is 1. The van der Waals surface area contributed by atoms with Gasteiger partial charge in [0.2, 0.25) is 0 Å². The number of rotatable bonds is 2. The zero-order chi connectivity index (χ0) is 10.0. The van der Waals surface area contributed by atoms with E-state index in [9.17, 15) is 9.18 Å². The second-order valence-corrected chi connectivity index (χ2v) is 4.38. The maximum atomic E-state index is 13.0. The second-order valence-electron chi connectivity index (χ2n) is 2.27. The summed E-state index contributed by atoms with van der Waals surface area (Å²) in [7, 11) is 0. The molecule has 0 N–H and O–H groups in total. The SMILES string of the molecule is O=C(CBr)c1c(I)ccc(F)c1Cl. The number of benzene rings is 1. The molecule has 0 aliphatic carbocycles. The summed E-state index contributed by atoms with van der Waals surface area (Å²) in [5.41, 5.74) is 0.249. The molecule has 13 heavy (non-hydrogen) atoms. The Bertz CT molecular complexity index is 356. The van der Waals surface area contributed by atoms with Crippen LogP contribution in [0.1, 0.15) is 10.4 Å². The van der Waals surface area contributed by atoms with E-state index in [1.54, 1.807) is 0 Å². The lowest BCUT2D eigenvalue weighted by atomic mass is 10.1. The number of Topliss-reactive ketones (excluding diaryl/α,β-unsaturated/α-hetero) is 1. The largest absolute Gasteiger partial charge is 0.293 e. The third kappa shape index (κ3) is 2.41. The molecule has 1 aromatic carbocycles. The number of halogens is 4. The van der Waals surface area contributed by atoms with E-state index in [1.165, 1.54) is 12.1 Å². The lowest BCUT2D eigenvalue weighted by Gasteiger charge is -2.04. The van der Waals surface area contributed by atoms with E-state index < -0.39 is 5.82 Å². The van der Waals surface area contributed by atoms with Crippen molar-refractivity contribution in [2.75, 3.05) is 5.33 Å². The molecule has 1 nitrogen and oxygen atoms in total. The second kappa shape index (κ2) is 4.70. The van der Waals surface area contributed by atoms with E-state index in [-0.39, 0.29) is 21.7 Å². The highest BCUT2D eigenvalue weighted by atomic mass is 127. The van der Waals surface area contributed by atoms with Crippen LogP contribution < -0.4 is 0 Å². The fourth-order valence-electron chi connectivity index (χ4n) is 0.849. The molecule has 0 spiro atoms. The van der Waals surface area contributed by atoms with Gasteiger partial charge in [0.1, 0.15) is 5.82 Å². The minimum absolute atomic E-state index is 0.101. The van der Waals surface area contributed by atoms with Crippen molar-refractivity contribution in [3.8, 4) is 0 Å². The van der Waals surface area contributed by atoms with Crippen molar-refractivity contribution in [3.63, 3.8) is 0 Å². The van der Waals surface area contributed by atoms with E-state index in [0.29, 0.717) is 3.57 Å². The molecule has 0 radical (unpaired) electrons. The smallest absolute Gasteiger partial charge is 0.176 e. The first kappa shape index (κ1) is 11.4. The van der Waals surface area contributed by atoms with Gasteiger partial charge >= 0.3 is 0 Å². The van der Waals surface area contributed by atoms with E-state index in [0.717, 1.165) is 0 Å². The molecule has 5 heteroatoms. The quantitative estimate of drug-likeness (QED) is 0.333. The third-order valence-corrected chi connectivity index (χ3v) is 3.22. The number of carbonyl (C=O) groups is 1. The van der Waals surface area contributed by atoms with Gasteiger partial charge in [-0.3, -0.25) is 4.79 Å². The lowest BCUT2D eigenvalue weighted by Crippen LogP contribution is -2.05. The average molecular weight is 377 g/mol. The predicted molar refractivity (Wildman–Crippen MR) is 62.3 cm³/mol. The highest BCUT2D eigenvalue weighted by molar-refractivity contribution is 14.1. The lowest BCUT2D eigenvalue weighted by molar-refractivity contribution is 0.102. The number of hydrogen-bond donors (Lipinski definition) is 0. The first-order valence-corrected chi connectivity index (χ1v) is 5.88. The molecule has 0 bridgehead atoms. The van der Waals surface area contributed by atoms with E-state index >= 15 is 0 Å². The number of alkyl halides is 1. The molecule has 0 aliphatic rings. The summed E-state index contributed by atoms with van der Waals surface area (Å²) in [6.45, 7) is 0. The molecule has 0 fully saturated rings. The van der Waals surface area contributed by atoms with Gasteiger partial charge in [-0.05, 0) is 34.7 Å². The first-order chi connectivity index (χ1) is 6.07. The summed E-state index contributed by atoms with van der Waals surface area (Å²) in [5, 5.41) is 0.0444. The highest BCUT2D eigenvalue weighted by Gasteiger charge is 2.16. The van der Waals surface area contributed by atoms with Gasteiger partial charge in [-0.1, -0.05) is 27.5 Å². The van der Waals surface area contributed by atoms with Crippen LogP contribution in [0.15, 0.2) is 12.1 Å². The van der Waals surface area contributed by atoms with Gasteiger partial charge in [-0.2, -0.15) is 0 Å². The van der Waals surface area contributed by atoms with Gasteiger partial charge in [-0.15, -0.1) is 0 Å². The average Bonchev–Trinajstić information content (AvgIpc) is 2.12. The standard InChI is InChI=1S/C8H4BrClFIO/c9-3-6(13)7-5(12)2-1-4(11)8(7)10/h1-2H,3H2. The summed E-state index contributed by atoms with van der Waals surface area (Å²) < 4.78 is 13.6. The van der Waals surface area contributed by atoms with Crippen LogP contribution in [0.2, 0.25) is 5.02 Å². The van der Waals surface area contributed by atoms with Gasteiger partial charge in [0.25, 0.3) is 0 Å². The Morgan fingerprint density at radius 2 is 2.23 bits per heavy atom. The third-order valence-electron chi connectivity index (χ3n) is 1.44. The molecule has 0 unspecified atom stereocenters. The normalized spacial score (nSPS) is 10.2. The molecular formula is C8H4BrClFIO. The Kier molecular flexibility index (Phi) is 4.12. The van der Waals surface area contributed by atoms with Crippen LogP contribution in [0.4, 0.5) is 4.39 Å². The van der Waals surface area contributed by atoms with Crippen LogP contribution in [0.3, 0.4) is 0 Å². The van der Waals surface area contributed by atoms with Crippen molar-refractivity contribution in [2.45, 2.75) is 0 Å². The summed E-state index contributed by atoms with van der Waals surface area (Å²) in [6.07, 6.45) is 0. The van der Waals surface area contributed by atoms with Crippen molar-refractivity contribution >= 4 is 55.9 Å². The number of carbonyl (C=O) groups excluding carboxylic acids is 1. The van der Waals surface area contributed by atoms with Crippen molar-refractivity contribution in [3.05, 3.63) is 32.1 Å². The predicted octanol–water partition coefficient (Wildman–Crippen LogP) is 3.66. The Morgan fingerprint density at radius 3 is 2.77 bits per heavy atom. The maximum Gasteiger partial charge on any atom is 0.176 e. The van der Waals surface area contributed by atoms with E-state index in [4.69, 9.17) is 11.6 Å². The van der Waals surface area contributed by atoms with Crippen molar-refractivity contribution < 1.29 is 9.18 Å². The van der Waals surface area contributed by atoms with E-state index in [1.807, 2.05) is 22.6 Å². The van der Waals surface area contributed by atoms with Gasteiger partial charge in [-0.25, -0.2) is 4.39 Å². The van der Waals surface area contributed by atoms with Gasteiger partial charge in [0.15, 0.2) is 5.78 Å². The van der Waals surface area contributed by atoms with Crippen LogP contribution in [-0.2, 0) is 0 Å². The zero-order valence-corrected chi connectivity index (χ0v) is 10.8. The summed E-state index contributed by atoms with van der Waals surface area (Å²) in [5.74, 6) is -0.778.